The Morgan fingerprint density at radius 2 is 2.29 bits per heavy atom. The first-order valence-corrected chi connectivity index (χ1v) is 5.74. The van der Waals surface area contributed by atoms with Crippen LogP contribution in [-0.2, 0) is 0 Å². The van der Waals surface area contributed by atoms with Gasteiger partial charge in [0.2, 0.25) is 0 Å². The Morgan fingerprint density at radius 3 is 2.79 bits per heavy atom. The predicted octanol–water partition coefficient (Wildman–Crippen LogP) is 4.19. The highest BCUT2D eigenvalue weighted by Crippen LogP contribution is 2.25. The van der Waals surface area contributed by atoms with Crippen molar-refractivity contribution in [1.82, 2.24) is 0 Å². The van der Waals surface area contributed by atoms with E-state index in [2.05, 4.69) is 25.1 Å². The van der Waals surface area contributed by atoms with E-state index >= 15 is 0 Å². The zero-order valence-corrected chi connectivity index (χ0v) is 9.89. The van der Waals surface area contributed by atoms with E-state index in [9.17, 15) is 0 Å². The minimum absolute atomic E-state index is 0.558. The third-order valence-electron chi connectivity index (χ3n) is 1.68. The van der Waals surface area contributed by atoms with Crippen LogP contribution >= 0.6 is 11.8 Å². The maximum atomic E-state index is 4.21. The van der Waals surface area contributed by atoms with E-state index in [0.717, 1.165) is 17.9 Å². The van der Waals surface area contributed by atoms with E-state index in [4.69, 9.17) is 0 Å². The van der Waals surface area contributed by atoms with Crippen LogP contribution in [0.4, 0.5) is 0 Å². The monoisotopic (exact) mass is 209 g/mol. The molecule has 0 aliphatic heterocycles. The van der Waals surface area contributed by atoms with Gasteiger partial charge in [-0.25, -0.2) is 0 Å². The summed E-state index contributed by atoms with van der Waals surface area (Å²) in [4.78, 5) is 4.21. The van der Waals surface area contributed by atoms with E-state index in [0.29, 0.717) is 5.25 Å². The van der Waals surface area contributed by atoms with E-state index in [1.54, 1.807) is 18.0 Å². The molecule has 0 bridgehead atoms. The third-order valence-corrected chi connectivity index (χ3v) is 2.92. The van der Waals surface area contributed by atoms with Gasteiger partial charge in [-0.15, -0.1) is 18.3 Å². The second-order valence-electron chi connectivity index (χ2n) is 2.87. The first kappa shape index (κ1) is 13.2. The van der Waals surface area contributed by atoms with Crippen molar-refractivity contribution in [3.8, 4) is 0 Å². The summed E-state index contributed by atoms with van der Waals surface area (Å²) in [5, 5.41) is 1.43. The molecule has 0 spiro atoms. The highest BCUT2D eigenvalue weighted by Gasteiger charge is 2.05. The summed E-state index contributed by atoms with van der Waals surface area (Å²) in [7, 11) is 0. The minimum atomic E-state index is 0.558. The topological polar surface area (TPSA) is 12.4 Å². The second-order valence-corrected chi connectivity index (χ2v) is 4.24. The molecule has 1 atom stereocenters. The first-order valence-electron chi connectivity index (χ1n) is 4.86. The van der Waals surface area contributed by atoms with Crippen LogP contribution in [0.2, 0.25) is 0 Å². The van der Waals surface area contributed by atoms with Gasteiger partial charge in [0.15, 0.2) is 0 Å². The van der Waals surface area contributed by atoms with Gasteiger partial charge in [0.25, 0.3) is 0 Å². The van der Waals surface area contributed by atoms with Crippen LogP contribution < -0.4 is 0 Å². The molecule has 0 fully saturated rings. The molecule has 14 heavy (non-hydrogen) atoms. The molecule has 0 amide bonds. The maximum absolute atomic E-state index is 4.21. The lowest BCUT2D eigenvalue weighted by molar-refractivity contribution is 0.839. The molecule has 1 unspecified atom stereocenters. The van der Waals surface area contributed by atoms with Crippen molar-refractivity contribution in [2.24, 2.45) is 4.99 Å². The van der Waals surface area contributed by atoms with Crippen molar-refractivity contribution < 1.29 is 0 Å². The third kappa shape index (κ3) is 6.72. The first-order chi connectivity index (χ1) is 6.74. The maximum Gasteiger partial charge on any atom is 0.0890 e. The molecule has 0 saturated heterocycles. The number of aliphatic imine (C=N–C) groups is 1. The lowest BCUT2D eigenvalue weighted by Gasteiger charge is -2.10. The Bertz CT molecular complexity index is 228. The van der Waals surface area contributed by atoms with Gasteiger partial charge in [-0.2, -0.15) is 0 Å². The fourth-order valence-electron chi connectivity index (χ4n) is 0.919. The minimum Gasteiger partial charge on any atom is -0.251 e. The Kier molecular flexibility index (Phi) is 8.34. The normalized spacial score (nSPS) is 13.6. The molecule has 0 aliphatic carbocycles. The van der Waals surface area contributed by atoms with Crippen LogP contribution in [0.5, 0.6) is 0 Å². The molecule has 0 heterocycles. The Balaban J connectivity index is 3.95. The predicted molar refractivity (Wildman–Crippen MR) is 68.9 cm³/mol. The van der Waals surface area contributed by atoms with Crippen molar-refractivity contribution in [1.29, 1.82) is 0 Å². The molecule has 1 nitrogen and oxygen atoms in total. The summed E-state index contributed by atoms with van der Waals surface area (Å²) in [5.41, 5.74) is 0. The van der Waals surface area contributed by atoms with Gasteiger partial charge in [-0.05, 0) is 25.8 Å². The Morgan fingerprint density at radius 1 is 1.57 bits per heavy atom. The van der Waals surface area contributed by atoms with Crippen LogP contribution in [-0.4, -0.2) is 11.5 Å². The summed E-state index contributed by atoms with van der Waals surface area (Å²) in [6, 6.07) is 0. The van der Waals surface area contributed by atoms with Crippen molar-refractivity contribution >= 4 is 18.0 Å². The largest absolute Gasteiger partial charge is 0.251 e. The van der Waals surface area contributed by atoms with Crippen LogP contribution in [0, 0.1) is 0 Å². The lowest BCUT2D eigenvalue weighted by Crippen LogP contribution is -1.97. The summed E-state index contributed by atoms with van der Waals surface area (Å²) >= 11 is 1.72. The quantitative estimate of drug-likeness (QED) is 0.452. The molecule has 0 aromatic heterocycles. The van der Waals surface area contributed by atoms with Crippen molar-refractivity contribution in [2.75, 3.05) is 0 Å². The molecule has 0 aliphatic rings. The number of hydrogen-bond donors (Lipinski definition) is 0. The van der Waals surface area contributed by atoms with Gasteiger partial charge < -0.3 is 0 Å². The number of allylic oxidation sites excluding steroid dienone is 3. The Hall–Kier alpha value is -0.760. The van der Waals surface area contributed by atoms with E-state index in [1.807, 2.05) is 25.2 Å². The highest BCUT2D eigenvalue weighted by molar-refractivity contribution is 8.03. The molecule has 0 rings (SSSR count). The van der Waals surface area contributed by atoms with Gasteiger partial charge in [-0.3, -0.25) is 4.99 Å². The second kappa shape index (κ2) is 8.82. The molecule has 78 valence electrons. The zero-order valence-electron chi connectivity index (χ0n) is 9.07. The fourth-order valence-corrected chi connectivity index (χ4v) is 1.82. The van der Waals surface area contributed by atoms with Gasteiger partial charge in [0, 0.05) is 11.5 Å². The SMILES string of the molecule is C=CCC(CC)SC(=C)/N=C\C=C/C. The summed E-state index contributed by atoms with van der Waals surface area (Å²) in [5.74, 6) is 0. The summed E-state index contributed by atoms with van der Waals surface area (Å²) in [6.45, 7) is 11.8. The van der Waals surface area contributed by atoms with Gasteiger partial charge in [0.05, 0.1) is 5.03 Å². The standard InChI is InChI=1S/C12H19NS/c1-5-8-10-13-11(4)14-12(7-3)9-6-2/h5-6,8,10,12H,2,4,7,9H2,1,3H3/b8-5-,13-10-. The Labute approximate surface area is 91.7 Å². The van der Waals surface area contributed by atoms with E-state index in [1.165, 1.54) is 0 Å². The number of rotatable bonds is 7. The molecule has 0 N–H and O–H groups in total. The van der Waals surface area contributed by atoms with Crippen molar-refractivity contribution in [3.05, 3.63) is 36.4 Å². The molecule has 2 heteroatoms. The zero-order chi connectivity index (χ0) is 10.8. The van der Waals surface area contributed by atoms with E-state index in [-0.39, 0.29) is 0 Å². The number of nitrogens with zero attached hydrogens (tertiary/aromatic N) is 1. The summed E-state index contributed by atoms with van der Waals surface area (Å²) in [6.07, 6.45) is 9.71. The molecule has 0 aromatic rings. The van der Waals surface area contributed by atoms with Crippen LogP contribution in [0.1, 0.15) is 26.7 Å². The van der Waals surface area contributed by atoms with Crippen molar-refractivity contribution in [2.45, 2.75) is 31.9 Å². The molecule has 0 radical (unpaired) electrons. The molecular weight excluding hydrogens is 190 g/mol. The van der Waals surface area contributed by atoms with Gasteiger partial charge in [0.1, 0.15) is 0 Å². The summed E-state index contributed by atoms with van der Waals surface area (Å²) < 4.78 is 0. The highest BCUT2D eigenvalue weighted by atomic mass is 32.2. The van der Waals surface area contributed by atoms with E-state index < -0.39 is 0 Å². The molecule has 0 aromatic carbocycles. The van der Waals surface area contributed by atoms with Crippen molar-refractivity contribution in [3.63, 3.8) is 0 Å². The smallest absolute Gasteiger partial charge is 0.0890 e. The average molecular weight is 209 g/mol. The average Bonchev–Trinajstić information content (AvgIpc) is 2.17. The fraction of sp³-hybridized carbons (Fsp3) is 0.417. The number of hydrogen-bond acceptors (Lipinski definition) is 2. The molecule has 0 saturated carbocycles. The lowest BCUT2D eigenvalue weighted by atomic mass is 10.2. The van der Waals surface area contributed by atoms with Crippen LogP contribution in [0.15, 0.2) is 41.4 Å². The van der Waals surface area contributed by atoms with Crippen LogP contribution in [0.25, 0.3) is 0 Å². The van der Waals surface area contributed by atoms with Gasteiger partial charge in [-0.1, -0.05) is 25.7 Å². The van der Waals surface area contributed by atoms with Gasteiger partial charge >= 0.3 is 0 Å². The van der Waals surface area contributed by atoms with Crippen LogP contribution in [0.3, 0.4) is 0 Å². The molecular formula is C12H19NS. The number of thioether (sulfide) groups is 1.